The average Bonchev–Trinajstić information content (AvgIpc) is 3.19. The van der Waals surface area contributed by atoms with Crippen molar-refractivity contribution >= 4 is 44.4 Å². The van der Waals surface area contributed by atoms with E-state index < -0.39 is 34.4 Å². The van der Waals surface area contributed by atoms with E-state index in [2.05, 4.69) is 0 Å². The predicted molar refractivity (Wildman–Crippen MR) is 101 cm³/mol. The van der Waals surface area contributed by atoms with Gasteiger partial charge in [0.15, 0.2) is 16.4 Å². The van der Waals surface area contributed by atoms with Crippen molar-refractivity contribution in [1.29, 1.82) is 0 Å². The number of carbonyl (C=O) groups is 3. The molecule has 0 spiro atoms. The monoisotopic (exact) mass is 410 g/mol. The van der Waals surface area contributed by atoms with Gasteiger partial charge in [0.25, 0.3) is 11.1 Å². The molecule has 27 heavy (non-hydrogen) atoms. The van der Waals surface area contributed by atoms with Crippen molar-refractivity contribution in [2.24, 2.45) is 0 Å². The predicted octanol–water partition coefficient (Wildman–Crippen LogP) is 1.04. The third-order valence-corrected chi connectivity index (χ3v) is 6.34. The second-order valence-corrected chi connectivity index (χ2v) is 9.00. The van der Waals surface area contributed by atoms with Crippen LogP contribution in [0.2, 0.25) is 0 Å². The summed E-state index contributed by atoms with van der Waals surface area (Å²) in [5, 5.41) is 0.897. The summed E-state index contributed by atoms with van der Waals surface area (Å²) in [5.41, 5.74) is 0.511. The lowest BCUT2D eigenvalue weighted by atomic mass is 10.2. The van der Waals surface area contributed by atoms with Gasteiger partial charge < -0.3 is 14.5 Å². The number of hydrogen-bond acceptors (Lipinski definition) is 7. The third kappa shape index (κ3) is 4.89. The standard InChI is InChI=1S/C17H18N2O6S2/c20-15(11-25-16(21)10-18-7-8-26-17(18)22)19(13-4-2-1-3-5-13)14-6-9-27(23,24)12-14/h1-6,9,14H,7-8,10-12H2/t14-/m0/s1. The maximum atomic E-state index is 12.7. The second kappa shape index (κ2) is 8.13. The average molecular weight is 410 g/mol. The van der Waals surface area contributed by atoms with Crippen LogP contribution in [0.3, 0.4) is 0 Å². The highest BCUT2D eigenvalue weighted by Gasteiger charge is 2.32. The lowest BCUT2D eigenvalue weighted by molar-refractivity contribution is -0.148. The molecule has 1 fully saturated rings. The molecule has 3 rings (SSSR count). The molecule has 0 aromatic heterocycles. The van der Waals surface area contributed by atoms with Crippen LogP contribution < -0.4 is 4.90 Å². The van der Waals surface area contributed by atoms with Gasteiger partial charge in [-0.05, 0) is 18.2 Å². The molecule has 2 aliphatic heterocycles. The maximum Gasteiger partial charge on any atom is 0.326 e. The first-order chi connectivity index (χ1) is 12.9. The van der Waals surface area contributed by atoms with Gasteiger partial charge in [-0.1, -0.05) is 30.0 Å². The summed E-state index contributed by atoms with van der Waals surface area (Å²) >= 11 is 1.13. The van der Waals surface area contributed by atoms with Crippen molar-refractivity contribution in [1.82, 2.24) is 4.90 Å². The number of benzene rings is 1. The van der Waals surface area contributed by atoms with Crippen LogP contribution in [-0.2, 0) is 24.2 Å². The van der Waals surface area contributed by atoms with E-state index >= 15 is 0 Å². The van der Waals surface area contributed by atoms with Crippen molar-refractivity contribution in [2.45, 2.75) is 6.04 Å². The summed E-state index contributed by atoms with van der Waals surface area (Å²) in [5.74, 6) is -0.818. The highest BCUT2D eigenvalue weighted by Crippen LogP contribution is 2.23. The van der Waals surface area contributed by atoms with Gasteiger partial charge in [0.05, 0.1) is 11.8 Å². The normalized spacial score (nSPS) is 20.7. The molecule has 10 heteroatoms. The van der Waals surface area contributed by atoms with Gasteiger partial charge in [-0.15, -0.1) is 0 Å². The van der Waals surface area contributed by atoms with Crippen molar-refractivity contribution in [3.63, 3.8) is 0 Å². The molecular formula is C17H18N2O6S2. The Labute approximate surface area is 161 Å². The molecular weight excluding hydrogens is 392 g/mol. The zero-order valence-corrected chi connectivity index (χ0v) is 15.9. The molecule has 2 heterocycles. The van der Waals surface area contributed by atoms with E-state index in [0.29, 0.717) is 18.0 Å². The molecule has 0 bridgehead atoms. The summed E-state index contributed by atoms with van der Waals surface area (Å²) < 4.78 is 28.5. The highest BCUT2D eigenvalue weighted by molar-refractivity contribution is 8.13. The van der Waals surface area contributed by atoms with E-state index in [1.807, 2.05) is 0 Å². The number of sulfone groups is 1. The van der Waals surface area contributed by atoms with E-state index in [4.69, 9.17) is 4.74 Å². The van der Waals surface area contributed by atoms with Crippen LogP contribution in [0, 0.1) is 0 Å². The van der Waals surface area contributed by atoms with Crippen molar-refractivity contribution < 1.29 is 27.5 Å². The summed E-state index contributed by atoms with van der Waals surface area (Å²) in [4.78, 5) is 38.8. The lowest BCUT2D eigenvalue weighted by Gasteiger charge is -2.27. The zero-order chi connectivity index (χ0) is 19.4. The molecule has 0 N–H and O–H groups in total. The number of ether oxygens (including phenoxy) is 1. The molecule has 0 radical (unpaired) electrons. The minimum absolute atomic E-state index is 0.189. The van der Waals surface area contributed by atoms with Gasteiger partial charge in [-0.2, -0.15) is 0 Å². The van der Waals surface area contributed by atoms with Gasteiger partial charge in [-0.3, -0.25) is 14.4 Å². The molecule has 0 saturated carbocycles. The summed E-state index contributed by atoms with van der Waals surface area (Å²) in [7, 11) is -3.36. The van der Waals surface area contributed by atoms with Crippen molar-refractivity contribution in [3.8, 4) is 0 Å². The topological polar surface area (TPSA) is 101 Å². The van der Waals surface area contributed by atoms with Gasteiger partial charge in [0.2, 0.25) is 0 Å². The number of para-hydroxylation sites is 1. The number of thioether (sulfide) groups is 1. The van der Waals surface area contributed by atoms with Crippen LogP contribution >= 0.6 is 11.8 Å². The Morgan fingerprint density at radius 3 is 2.59 bits per heavy atom. The second-order valence-electron chi connectivity index (χ2n) is 6.02. The van der Waals surface area contributed by atoms with Crippen LogP contribution in [0.1, 0.15) is 0 Å². The molecule has 8 nitrogen and oxygen atoms in total. The van der Waals surface area contributed by atoms with Gasteiger partial charge >= 0.3 is 5.97 Å². The quantitative estimate of drug-likeness (QED) is 0.646. The van der Waals surface area contributed by atoms with E-state index in [1.165, 1.54) is 15.9 Å². The Kier molecular flexibility index (Phi) is 5.85. The van der Waals surface area contributed by atoms with Crippen LogP contribution in [0.5, 0.6) is 0 Å². The fourth-order valence-corrected chi connectivity index (χ4v) is 4.90. The first-order valence-electron chi connectivity index (χ1n) is 8.21. The molecule has 1 aromatic carbocycles. The SMILES string of the molecule is O=C(CN1CCSC1=O)OCC(=O)N(c1ccccc1)[C@H]1C=CS(=O)(=O)C1. The Morgan fingerprint density at radius 2 is 2.00 bits per heavy atom. The van der Waals surface area contributed by atoms with Crippen LogP contribution in [0.15, 0.2) is 41.8 Å². The number of esters is 1. The molecule has 1 saturated heterocycles. The molecule has 0 aliphatic carbocycles. The van der Waals surface area contributed by atoms with Gasteiger partial charge in [-0.25, -0.2) is 8.42 Å². The molecule has 2 amide bonds. The largest absolute Gasteiger partial charge is 0.454 e. The number of amides is 2. The van der Waals surface area contributed by atoms with E-state index in [-0.39, 0.29) is 17.5 Å². The van der Waals surface area contributed by atoms with E-state index in [0.717, 1.165) is 17.2 Å². The van der Waals surface area contributed by atoms with E-state index in [1.54, 1.807) is 30.3 Å². The molecule has 0 unspecified atom stereocenters. The molecule has 1 atom stereocenters. The lowest BCUT2D eigenvalue weighted by Crippen LogP contribution is -2.44. The third-order valence-electron chi connectivity index (χ3n) is 4.07. The highest BCUT2D eigenvalue weighted by atomic mass is 32.2. The smallest absolute Gasteiger partial charge is 0.326 e. The Morgan fingerprint density at radius 1 is 1.26 bits per heavy atom. The molecule has 144 valence electrons. The van der Waals surface area contributed by atoms with Crippen LogP contribution in [0.4, 0.5) is 10.5 Å². The Bertz CT molecular complexity index is 869. The molecule has 2 aliphatic rings. The summed E-state index contributed by atoms with van der Waals surface area (Å²) in [6.45, 7) is -0.275. The minimum atomic E-state index is -3.36. The maximum absolute atomic E-state index is 12.7. The zero-order valence-electron chi connectivity index (χ0n) is 14.3. The fraction of sp³-hybridized carbons (Fsp3) is 0.353. The van der Waals surface area contributed by atoms with Crippen LogP contribution in [-0.4, -0.2) is 67.7 Å². The Balaban J connectivity index is 1.65. The van der Waals surface area contributed by atoms with Crippen molar-refractivity contribution in [2.75, 3.05) is 36.1 Å². The number of carbonyl (C=O) groups excluding carboxylic acids is 3. The van der Waals surface area contributed by atoms with Gasteiger partial charge in [0, 0.05) is 23.4 Å². The Hall–Kier alpha value is -2.33. The van der Waals surface area contributed by atoms with Crippen molar-refractivity contribution in [3.05, 3.63) is 41.8 Å². The molecule has 1 aromatic rings. The fourth-order valence-electron chi connectivity index (χ4n) is 2.81. The number of hydrogen-bond donors (Lipinski definition) is 0. The number of anilines is 1. The first kappa shape index (κ1) is 19.4. The summed E-state index contributed by atoms with van der Waals surface area (Å²) in [6, 6.07) is 7.92. The number of nitrogens with zero attached hydrogens (tertiary/aromatic N) is 2. The van der Waals surface area contributed by atoms with Gasteiger partial charge in [0.1, 0.15) is 6.54 Å². The first-order valence-corrected chi connectivity index (χ1v) is 10.9. The van der Waals surface area contributed by atoms with Crippen LogP contribution in [0.25, 0.3) is 0 Å². The van der Waals surface area contributed by atoms with E-state index in [9.17, 15) is 22.8 Å². The summed E-state index contributed by atoms with van der Waals surface area (Å²) in [6.07, 6.45) is 1.45. The number of rotatable bonds is 6. The minimum Gasteiger partial charge on any atom is -0.454 e.